The number of hydrogen-bond donors (Lipinski definition) is 1. The second-order valence-corrected chi connectivity index (χ2v) is 8.53. The average Bonchev–Trinajstić information content (AvgIpc) is 3.49. The summed E-state index contributed by atoms with van der Waals surface area (Å²) in [5.74, 6) is 1.28. The fraction of sp³-hybridized carbons (Fsp3) is 0.231. The lowest BCUT2D eigenvalue weighted by molar-refractivity contribution is -0.159. The highest BCUT2D eigenvalue weighted by Gasteiger charge is 2.48. The molecular weight excluding hydrogens is 418 g/mol. The van der Waals surface area contributed by atoms with Gasteiger partial charge in [-0.2, -0.15) is 0 Å². The molecule has 2 aromatic heterocycles. The van der Waals surface area contributed by atoms with Crippen LogP contribution in [0.3, 0.4) is 0 Å². The van der Waals surface area contributed by atoms with Crippen molar-refractivity contribution < 1.29 is 18.7 Å². The van der Waals surface area contributed by atoms with Crippen molar-refractivity contribution in [3.05, 3.63) is 89.5 Å². The fourth-order valence-electron chi connectivity index (χ4n) is 5.18. The maximum atomic E-state index is 13.6. The summed E-state index contributed by atoms with van der Waals surface area (Å²) in [4.78, 5) is 34.1. The minimum absolute atomic E-state index is 0.0260. The number of nitrogens with one attached hydrogen (secondary N) is 1. The molecule has 1 fully saturated rings. The number of furan rings is 1. The molecule has 6 rings (SSSR count). The predicted octanol–water partition coefficient (Wildman–Crippen LogP) is 3.65. The molecule has 7 nitrogen and oxygen atoms in total. The van der Waals surface area contributed by atoms with E-state index < -0.39 is 6.04 Å². The topological polar surface area (TPSA) is 78.8 Å². The molecule has 2 amide bonds. The number of carbonyl (C=O) groups excluding carboxylic acids is 2. The number of amides is 2. The Morgan fingerprint density at radius 1 is 1.06 bits per heavy atom. The molecule has 4 aromatic rings. The summed E-state index contributed by atoms with van der Waals surface area (Å²) in [7, 11) is 1.63. The van der Waals surface area contributed by atoms with Crippen LogP contribution in [0, 0.1) is 0 Å². The Morgan fingerprint density at radius 2 is 1.88 bits per heavy atom. The van der Waals surface area contributed by atoms with E-state index in [-0.39, 0.29) is 30.9 Å². The first-order valence-electron chi connectivity index (χ1n) is 11.0. The second-order valence-electron chi connectivity index (χ2n) is 8.53. The first kappa shape index (κ1) is 19.7. The number of piperazine rings is 1. The van der Waals surface area contributed by atoms with Gasteiger partial charge in [0.1, 0.15) is 24.1 Å². The van der Waals surface area contributed by atoms with Gasteiger partial charge in [0.05, 0.1) is 26.0 Å². The predicted molar refractivity (Wildman–Crippen MR) is 122 cm³/mol. The number of hydrogen-bond acceptors (Lipinski definition) is 4. The fourth-order valence-corrected chi connectivity index (χ4v) is 5.18. The van der Waals surface area contributed by atoms with Crippen molar-refractivity contribution >= 4 is 22.7 Å². The molecule has 0 aliphatic carbocycles. The van der Waals surface area contributed by atoms with E-state index in [1.165, 1.54) is 0 Å². The normalized spacial score (nSPS) is 20.2. The number of nitrogens with zero attached hydrogens (tertiary/aromatic N) is 2. The van der Waals surface area contributed by atoms with E-state index in [1.54, 1.807) is 29.2 Å². The summed E-state index contributed by atoms with van der Waals surface area (Å²) in [5.41, 5.74) is 4.01. The Labute approximate surface area is 190 Å². The third-order valence-electron chi connectivity index (χ3n) is 6.70. The lowest BCUT2D eigenvalue weighted by Gasteiger charge is -2.47. The van der Waals surface area contributed by atoms with E-state index in [0.717, 1.165) is 33.5 Å². The third kappa shape index (κ3) is 3.11. The number of fused-ring (bicyclic) bond motifs is 4. The lowest BCUT2D eigenvalue weighted by Crippen LogP contribution is -2.62. The smallest absolute Gasteiger partial charge is 0.246 e. The Kier molecular flexibility index (Phi) is 4.50. The number of para-hydroxylation sites is 1. The van der Waals surface area contributed by atoms with Gasteiger partial charge in [-0.25, -0.2) is 0 Å². The highest BCUT2D eigenvalue weighted by atomic mass is 16.5. The molecule has 33 heavy (non-hydrogen) atoms. The van der Waals surface area contributed by atoms with Crippen LogP contribution in [0.1, 0.15) is 28.6 Å². The molecule has 166 valence electrons. The van der Waals surface area contributed by atoms with Gasteiger partial charge in [-0.15, -0.1) is 0 Å². The number of aromatic amines is 1. The molecule has 2 aromatic carbocycles. The van der Waals surface area contributed by atoms with Crippen LogP contribution in [0.25, 0.3) is 10.9 Å². The Bertz CT molecular complexity index is 1340. The van der Waals surface area contributed by atoms with Crippen LogP contribution < -0.4 is 4.74 Å². The number of H-pyrrole nitrogens is 1. The van der Waals surface area contributed by atoms with E-state index in [0.29, 0.717) is 12.2 Å². The number of aromatic nitrogens is 1. The molecule has 2 unspecified atom stereocenters. The standard InChI is InChI=1S/C26H23N3O4/c1-32-17-10-8-16(9-11-17)25-24-20(19-6-2-3-7-21(19)27-24)13-22-26(31)28(15-23(30)29(22)25)14-18-5-4-12-33-18/h2-12,22,25,27H,13-15H2,1H3. The van der Waals surface area contributed by atoms with Crippen molar-refractivity contribution in [3.8, 4) is 5.75 Å². The van der Waals surface area contributed by atoms with Crippen LogP contribution in [-0.2, 0) is 22.6 Å². The maximum absolute atomic E-state index is 13.6. The highest BCUT2D eigenvalue weighted by Crippen LogP contribution is 2.42. The van der Waals surface area contributed by atoms with Gasteiger partial charge in [-0.05, 0) is 41.5 Å². The second kappa shape index (κ2) is 7.55. The van der Waals surface area contributed by atoms with Crippen molar-refractivity contribution in [3.63, 3.8) is 0 Å². The van der Waals surface area contributed by atoms with Crippen LogP contribution in [0.2, 0.25) is 0 Å². The van der Waals surface area contributed by atoms with E-state index in [1.807, 2.05) is 48.5 Å². The summed E-state index contributed by atoms with van der Waals surface area (Å²) in [6.07, 6.45) is 2.06. The van der Waals surface area contributed by atoms with Gasteiger partial charge in [0.2, 0.25) is 11.8 Å². The lowest BCUT2D eigenvalue weighted by atomic mass is 9.86. The summed E-state index contributed by atoms with van der Waals surface area (Å²) >= 11 is 0. The van der Waals surface area contributed by atoms with Gasteiger partial charge in [0.15, 0.2) is 0 Å². The molecule has 7 heteroatoms. The zero-order chi connectivity index (χ0) is 22.5. The SMILES string of the molecule is COc1ccc(C2c3[nH]c4ccccc4c3CC3C(=O)N(Cc4ccco4)CC(=O)N32)cc1. The maximum Gasteiger partial charge on any atom is 0.246 e. The molecule has 2 aliphatic rings. The molecule has 0 saturated carbocycles. The van der Waals surface area contributed by atoms with Crippen LogP contribution >= 0.6 is 0 Å². The first-order valence-corrected chi connectivity index (χ1v) is 11.0. The van der Waals surface area contributed by atoms with Crippen LogP contribution in [0.15, 0.2) is 71.3 Å². The molecule has 2 atom stereocenters. The Balaban J connectivity index is 1.47. The van der Waals surface area contributed by atoms with Crippen molar-refractivity contribution in [2.24, 2.45) is 0 Å². The molecule has 4 heterocycles. The van der Waals surface area contributed by atoms with Crippen LogP contribution in [-0.4, -0.2) is 46.3 Å². The minimum Gasteiger partial charge on any atom is -0.497 e. The summed E-state index contributed by atoms with van der Waals surface area (Å²) in [5, 5.41) is 1.09. The zero-order valence-electron chi connectivity index (χ0n) is 18.2. The molecule has 0 bridgehead atoms. The van der Waals surface area contributed by atoms with E-state index >= 15 is 0 Å². The number of carbonyl (C=O) groups is 2. The molecule has 0 radical (unpaired) electrons. The first-order chi connectivity index (χ1) is 16.1. The van der Waals surface area contributed by atoms with Crippen molar-refractivity contribution in [2.45, 2.75) is 25.0 Å². The highest BCUT2D eigenvalue weighted by molar-refractivity contribution is 5.97. The zero-order valence-corrected chi connectivity index (χ0v) is 18.2. The number of ether oxygens (including phenoxy) is 1. The number of rotatable bonds is 4. The Morgan fingerprint density at radius 3 is 2.64 bits per heavy atom. The van der Waals surface area contributed by atoms with Crippen LogP contribution in [0.4, 0.5) is 0 Å². The quantitative estimate of drug-likeness (QED) is 0.524. The van der Waals surface area contributed by atoms with E-state index in [2.05, 4.69) is 11.1 Å². The van der Waals surface area contributed by atoms with Gasteiger partial charge in [0, 0.05) is 23.0 Å². The summed E-state index contributed by atoms with van der Waals surface area (Å²) in [6.45, 7) is 0.314. The number of benzene rings is 2. The average molecular weight is 441 g/mol. The minimum atomic E-state index is -0.569. The van der Waals surface area contributed by atoms with Crippen molar-refractivity contribution in [2.75, 3.05) is 13.7 Å². The van der Waals surface area contributed by atoms with Gasteiger partial charge in [-0.1, -0.05) is 30.3 Å². The van der Waals surface area contributed by atoms with Gasteiger partial charge in [-0.3, -0.25) is 9.59 Å². The van der Waals surface area contributed by atoms with Gasteiger partial charge >= 0.3 is 0 Å². The third-order valence-corrected chi connectivity index (χ3v) is 6.70. The van der Waals surface area contributed by atoms with Gasteiger partial charge < -0.3 is 23.9 Å². The molecular formula is C26H23N3O4. The number of methoxy groups -OCH3 is 1. The van der Waals surface area contributed by atoms with Crippen LogP contribution in [0.5, 0.6) is 5.75 Å². The molecule has 2 aliphatic heterocycles. The van der Waals surface area contributed by atoms with Crippen molar-refractivity contribution in [1.29, 1.82) is 0 Å². The summed E-state index contributed by atoms with van der Waals surface area (Å²) in [6, 6.07) is 18.5. The summed E-state index contributed by atoms with van der Waals surface area (Å²) < 4.78 is 10.8. The van der Waals surface area contributed by atoms with E-state index in [4.69, 9.17) is 9.15 Å². The van der Waals surface area contributed by atoms with E-state index in [9.17, 15) is 9.59 Å². The largest absolute Gasteiger partial charge is 0.497 e. The molecule has 1 N–H and O–H groups in total. The Hall–Kier alpha value is -4.00. The monoisotopic (exact) mass is 441 g/mol. The van der Waals surface area contributed by atoms with Gasteiger partial charge in [0.25, 0.3) is 0 Å². The van der Waals surface area contributed by atoms with Crippen molar-refractivity contribution in [1.82, 2.24) is 14.8 Å². The molecule has 1 saturated heterocycles. The molecule has 0 spiro atoms.